The molecule has 0 atom stereocenters. The maximum absolute atomic E-state index is 11.5. The van der Waals surface area contributed by atoms with Crippen molar-refractivity contribution in [1.29, 1.82) is 0 Å². The molecule has 0 spiro atoms. The van der Waals surface area contributed by atoms with Crippen LogP contribution in [0.25, 0.3) is 0 Å². The van der Waals surface area contributed by atoms with Crippen molar-refractivity contribution in [2.45, 2.75) is 13.3 Å². The fraction of sp³-hybridized carbons (Fsp3) is 0.273. The van der Waals surface area contributed by atoms with Gasteiger partial charge in [0.2, 0.25) is 5.91 Å². The summed E-state index contributed by atoms with van der Waals surface area (Å²) in [5.74, 6) is -0.139. The molecule has 0 saturated carbocycles. The standard InChI is InChI=1S/C11H10BrNO2/c1-7-3-2-4-9(11(7)12)13-6-8(14)5-10(13)15/h2-4H,5-6H2,1H3. The van der Waals surface area contributed by atoms with Crippen LogP contribution < -0.4 is 4.90 Å². The zero-order valence-electron chi connectivity index (χ0n) is 8.29. The van der Waals surface area contributed by atoms with Crippen molar-refractivity contribution >= 4 is 33.3 Å². The van der Waals surface area contributed by atoms with Gasteiger partial charge in [-0.3, -0.25) is 9.59 Å². The average molecular weight is 268 g/mol. The van der Waals surface area contributed by atoms with Gasteiger partial charge in [-0.15, -0.1) is 0 Å². The number of ketones is 1. The van der Waals surface area contributed by atoms with Gasteiger partial charge < -0.3 is 4.90 Å². The van der Waals surface area contributed by atoms with Gasteiger partial charge in [0.1, 0.15) is 0 Å². The van der Waals surface area contributed by atoms with E-state index in [1.165, 1.54) is 4.90 Å². The van der Waals surface area contributed by atoms with Gasteiger partial charge in [-0.05, 0) is 34.5 Å². The third-order valence-corrected chi connectivity index (χ3v) is 3.48. The number of nitrogens with zero attached hydrogens (tertiary/aromatic N) is 1. The highest BCUT2D eigenvalue weighted by molar-refractivity contribution is 9.10. The van der Waals surface area contributed by atoms with Crippen molar-refractivity contribution in [2.24, 2.45) is 0 Å². The quantitative estimate of drug-likeness (QED) is 0.731. The number of Topliss-reactive ketones (excluding diaryl/α,β-unsaturated/α-hetero) is 1. The van der Waals surface area contributed by atoms with Crippen molar-refractivity contribution in [3.63, 3.8) is 0 Å². The zero-order valence-corrected chi connectivity index (χ0v) is 9.87. The summed E-state index contributed by atoms with van der Waals surface area (Å²) in [5, 5.41) is 0. The highest BCUT2D eigenvalue weighted by atomic mass is 79.9. The fourth-order valence-corrected chi connectivity index (χ4v) is 2.12. The monoisotopic (exact) mass is 267 g/mol. The van der Waals surface area contributed by atoms with E-state index in [-0.39, 0.29) is 24.7 Å². The van der Waals surface area contributed by atoms with Crippen LogP contribution >= 0.6 is 15.9 Å². The molecule has 1 amide bonds. The molecular weight excluding hydrogens is 258 g/mol. The molecule has 0 bridgehead atoms. The van der Waals surface area contributed by atoms with Crippen molar-refractivity contribution in [3.8, 4) is 0 Å². The molecule has 1 aliphatic heterocycles. The number of carbonyl (C=O) groups excluding carboxylic acids is 2. The maximum atomic E-state index is 11.5. The number of hydrogen-bond donors (Lipinski definition) is 0. The number of benzene rings is 1. The molecule has 1 aromatic carbocycles. The number of rotatable bonds is 1. The van der Waals surface area contributed by atoms with Crippen molar-refractivity contribution < 1.29 is 9.59 Å². The molecule has 1 aliphatic rings. The summed E-state index contributed by atoms with van der Waals surface area (Å²) in [6.45, 7) is 2.15. The molecule has 3 nitrogen and oxygen atoms in total. The number of halogens is 1. The minimum Gasteiger partial charge on any atom is -0.303 e. The van der Waals surface area contributed by atoms with E-state index in [0.717, 1.165) is 15.7 Å². The molecule has 4 heteroatoms. The molecule has 0 unspecified atom stereocenters. The summed E-state index contributed by atoms with van der Waals surface area (Å²) in [7, 11) is 0. The normalized spacial score (nSPS) is 16.3. The first-order valence-electron chi connectivity index (χ1n) is 4.67. The van der Waals surface area contributed by atoms with Crippen LogP contribution in [0.1, 0.15) is 12.0 Å². The Kier molecular flexibility index (Phi) is 2.61. The molecule has 15 heavy (non-hydrogen) atoms. The lowest BCUT2D eigenvalue weighted by molar-refractivity contribution is -0.121. The van der Waals surface area contributed by atoms with Gasteiger partial charge in [-0.1, -0.05) is 12.1 Å². The van der Waals surface area contributed by atoms with Gasteiger partial charge in [-0.25, -0.2) is 0 Å². The first-order chi connectivity index (χ1) is 7.09. The van der Waals surface area contributed by atoms with Crippen LogP contribution in [-0.4, -0.2) is 18.2 Å². The Balaban J connectivity index is 2.42. The van der Waals surface area contributed by atoms with Crippen molar-refractivity contribution in [2.75, 3.05) is 11.4 Å². The average Bonchev–Trinajstić information content (AvgIpc) is 2.50. The fourth-order valence-electron chi connectivity index (χ4n) is 1.64. The van der Waals surface area contributed by atoms with E-state index in [9.17, 15) is 9.59 Å². The summed E-state index contributed by atoms with van der Waals surface area (Å²) in [4.78, 5) is 24.2. The van der Waals surface area contributed by atoms with Crippen LogP contribution in [0.5, 0.6) is 0 Å². The third kappa shape index (κ3) is 1.81. The first kappa shape index (κ1) is 10.4. The SMILES string of the molecule is Cc1cccc(N2CC(=O)CC2=O)c1Br. The zero-order chi connectivity index (χ0) is 11.0. The second kappa shape index (κ2) is 3.77. The predicted molar refractivity (Wildman–Crippen MR) is 60.9 cm³/mol. The lowest BCUT2D eigenvalue weighted by Crippen LogP contribution is -2.24. The first-order valence-corrected chi connectivity index (χ1v) is 5.46. The number of hydrogen-bond acceptors (Lipinski definition) is 2. The molecule has 1 fully saturated rings. The Hall–Kier alpha value is -1.16. The predicted octanol–water partition coefficient (Wildman–Crippen LogP) is 2.06. The molecule has 0 radical (unpaired) electrons. The van der Waals surface area contributed by atoms with Gasteiger partial charge in [0, 0.05) is 4.47 Å². The molecule has 2 rings (SSSR count). The molecule has 78 valence electrons. The lowest BCUT2D eigenvalue weighted by atomic mass is 10.2. The number of aryl methyl sites for hydroxylation is 1. The van der Waals surface area contributed by atoms with Crippen LogP contribution in [0.15, 0.2) is 22.7 Å². The summed E-state index contributed by atoms with van der Waals surface area (Å²) in [5.41, 5.74) is 1.84. The lowest BCUT2D eigenvalue weighted by Gasteiger charge is -2.17. The van der Waals surface area contributed by atoms with E-state index in [4.69, 9.17) is 0 Å². The number of carbonyl (C=O) groups is 2. The van der Waals surface area contributed by atoms with Crippen molar-refractivity contribution in [3.05, 3.63) is 28.2 Å². The Morgan fingerprint density at radius 2 is 2.07 bits per heavy atom. The van der Waals surface area contributed by atoms with Gasteiger partial charge in [0.05, 0.1) is 18.7 Å². The van der Waals surface area contributed by atoms with E-state index < -0.39 is 0 Å². The van der Waals surface area contributed by atoms with E-state index in [1.807, 2.05) is 25.1 Å². The molecule has 0 N–H and O–H groups in total. The summed E-state index contributed by atoms with van der Waals surface area (Å²) < 4.78 is 0.882. The van der Waals surface area contributed by atoms with E-state index in [1.54, 1.807) is 0 Å². The van der Waals surface area contributed by atoms with Gasteiger partial charge >= 0.3 is 0 Å². The minimum atomic E-state index is -0.119. The Labute approximate surface area is 96.2 Å². The Bertz CT molecular complexity index is 442. The summed E-state index contributed by atoms with van der Waals surface area (Å²) in [6.07, 6.45) is 0.0282. The van der Waals surface area contributed by atoms with Gasteiger partial charge in [0.25, 0.3) is 0 Å². The van der Waals surface area contributed by atoms with Crippen LogP contribution in [-0.2, 0) is 9.59 Å². The maximum Gasteiger partial charge on any atom is 0.234 e. The smallest absolute Gasteiger partial charge is 0.234 e. The largest absolute Gasteiger partial charge is 0.303 e. The summed E-state index contributed by atoms with van der Waals surface area (Å²) >= 11 is 3.43. The molecular formula is C11H10BrNO2. The van der Waals surface area contributed by atoms with Crippen LogP contribution in [0.3, 0.4) is 0 Å². The van der Waals surface area contributed by atoms with Crippen LogP contribution in [0, 0.1) is 6.92 Å². The van der Waals surface area contributed by atoms with Gasteiger partial charge in [-0.2, -0.15) is 0 Å². The third-order valence-electron chi connectivity index (χ3n) is 2.45. The van der Waals surface area contributed by atoms with E-state index >= 15 is 0 Å². The molecule has 0 aliphatic carbocycles. The van der Waals surface area contributed by atoms with Crippen molar-refractivity contribution in [1.82, 2.24) is 0 Å². The van der Waals surface area contributed by atoms with E-state index in [2.05, 4.69) is 15.9 Å². The van der Waals surface area contributed by atoms with Crippen LogP contribution in [0.4, 0.5) is 5.69 Å². The molecule has 0 aromatic heterocycles. The second-order valence-electron chi connectivity index (χ2n) is 3.60. The molecule has 1 saturated heterocycles. The number of anilines is 1. The highest BCUT2D eigenvalue weighted by Crippen LogP contribution is 2.31. The highest BCUT2D eigenvalue weighted by Gasteiger charge is 2.29. The topological polar surface area (TPSA) is 37.4 Å². The minimum absolute atomic E-state index is 0.0200. The van der Waals surface area contributed by atoms with Gasteiger partial charge in [0.15, 0.2) is 5.78 Å². The molecule has 1 aromatic rings. The van der Waals surface area contributed by atoms with Crippen LogP contribution in [0.2, 0.25) is 0 Å². The molecule has 1 heterocycles. The van der Waals surface area contributed by atoms with E-state index in [0.29, 0.717) is 0 Å². The summed E-state index contributed by atoms with van der Waals surface area (Å²) in [6, 6.07) is 5.68. The Morgan fingerprint density at radius 1 is 1.33 bits per heavy atom. The Morgan fingerprint density at radius 3 is 2.67 bits per heavy atom. The number of amides is 1. The second-order valence-corrected chi connectivity index (χ2v) is 4.40.